The molecule has 2 atom stereocenters. The average Bonchev–Trinajstić information content (AvgIpc) is 2.15. The van der Waals surface area contributed by atoms with Gasteiger partial charge in [0.25, 0.3) is 0 Å². The number of rotatable bonds is 3. The van der Waals surface area contributed by atoms with Crippen molar-refractivity contribution in [2.75, 3.05) is 33.4 Å². The average molecular weight is 182 g/mol. The van der Waals surface area contributed by atoms with E-state index in [2.05, 4.69) is 23.1 Å². The van der Waals surface area contributed by atoms with Gasteiger partial charge in [0.2, 0.25) is 0 Å². The molecule has 0 aliphatic carbocycles. The Morgan fingerprint density at radius 2 is 2.38 bits per heavy atom. The van der Waals surface area contributed by atoms with E-state index in [1.807, 2.05) is 0 Å². The summed E-state index contributed by atoms with van der Waals surface area (Å²) < 4.78 is 5.06. The summed E-state index contributed by atoms with van der Waals surface area (Å²) in [5.41, 5.74) is 0. The Labute approximate surface area is 80.4 Å². The number of nitrogens with one attached hydrogen (secondary N) is 1. The Morgan fingerprint density at radius 3 is 3.00 bits per heavy atom. The van der Waals surface area contributed by atoms with E-state index >= 15 is 0 Å². The second-order valence-corrected chi connectivity index (χ2v) is 3.42. The lowest BCUT2D eigenvalue weighted by Crippen LogP contribution is -2.56. The third-order valence-corrected chi connectivity index (χ3v) is 2.49. The SMILES string of the molecule is C#C[C@@H]1CNC[C@H](C)N1CCOC. The standard InChI is InChI=1S/C10H18N2O/c1-4-10-8-11-7-9(2)12(10)5-6-13-3/h1,9-11H,5-8H2,2-3H3/t9-,10+/m0/s1. The topological polar surface area (TPSA) is 24.5 Å². The third-order valence-electron chi connectivity index (χ3n) is 2.49. The van der Waals surface area contributed by atoms with Gasteiger partial charge in [-0.25, -0.2) is 0 Å². The van der Waals surface area contributed by atoms with Crippen LogP contribution in [-0.4, -0.2) is 50.3 Å². The number of terminal acetylenes is 1. The van der Waals surface area contributed by atoms with Crippen molar-refractivity contribution in [3.05, 3.63) is 0 Å². The van der Waals surface area contributed by atoms with Crippen molar-refractivity contribution in [2.45, 2.75) is 19.0 Å². The van der Waals surface area contributed by atoms with Crippen LogP contribution in [0.5, 0.6) is 0 Å². The number of piperazine rings is 1. The highest BCUT2D eigenvalue weighted by molar-refractivity contribution is 5.04. The smallest absolute Gasteiger partial charge is 0.0841 e. The first-order valence-corrected chi connectivity index (χ1v) is 4.71. The van der Waals surface area contributed by atoms with Gasteiger partial charge in [-0.05, 0) is 6.92 Å². The molecule has 0 unspecified atom stereocenters. The van der Waals surface area contributed by atoms with Crippen molar-refractivity contribution >= 4 is 0 Å². The second kappa shape index (κ2) is 5.23. The van der Waals surface area contributed by atoms with E-state index in [4.69, 9.17) is 11.2 Å². The summed E-state index contributed by atoms with van der Waals surface area (Å²) in [6.45, 7) is 5.77. The van der Waals surface area contributed by atoms with Gasteiger partial charge < -0.3 is 10.1 Å². The molecule has 13 heavy (non-hydrogen) atoms. The second-order valence-electron chi connectivity index (χ2n) is 3.42. The zero-order valence-corrected chi connectivity index (χ0v) is 8.42. The van der Waals surface area contributed by atoms with Crippen LogP contribution in [-0.2, 0) is 4.74 Å². The van der Waals surface area contributed by atoms with Crippen LogP contribution in [0.15, 0.2) is 0 Å². The summed E-state index contributed by atoms with van der Waals surface area (Å²) in [4.78, 5) is 2.32. The van der Waals surface area contributed by atoms with Crippen LogP contribution in [0.25, 0.3) is 0 Å². The zero-order valence-electron chi connectivity index (χ0n) is 8.42. The van der Waals surface area contributed by atoms with E-state index < -0.39 is 0 Å². The molecule has 0 saturated carbocycles. The lowest BCUT2D eigenvalue weighted by molar-refractivity contribution is 0.0893. The maximum absolute atomic E-state index is 5.46. The minimum Gasteiger partial charge on any atom is -0.383 e. The van der Waals surface area contributed by atoms with Crippen molar-refractivity contribution in [2.24, 2.45) is 0 Å². The van der Waals surface area contributed by atoms with Gasteiger partial charge >= 0.3 is 0 Å². The van der Waals surface area contributed by atoms with Crippen molar-refractivity contribution in [1.82, 2.24) is 10.2 Å². The van der Waals surface area contributed by atoms with Crippen LogP contribution in [0.3, 0.4) is 0 Å². The molecule has 1 aliphatic heterocycles. The monoisotopic (exact) mass is 182 g/mol. The van der Waals surface area contributed by atoms with Crippen molar-refractivity contribution in [1.29, 1.82) is 0 Å². The minimum absolute atomic E-state index is 0.221. The summed E-state index contributed by atoms with van der Waals surface area (Å²) in [5.74, 6) is 2.80. The van der Waals surface area contributed by atoms with Gasteiger partial charge in [0.15, 0.2) is 0 Å². The molecule has 1 heterocycles. The van der Waals surface area contributed by atoms with E-state index in [1.165, 1.54) is 0 Å². The molecule has 0 aromatic carbocycles. The number of nitrogens with zero attached hydrogens (tertiary/aromatic N) is 1. The summed E-state index contributed by atoms with van der Waals surface area (Å²) >= 11 is 0. The molecule has 0 spiro atoms. The molecule has 1 fully saturated rings. The van der Waals surface area contributed by atoms with Gasteiger partial charge in [0.05, 0.1) is 12.6 Å². The van der Waals surface area contributed by atoms with Crippen LogP contribution in [0, 0.1) is 12.3 Å². The third kappa shape index (κ3) is 2.70. The molecule has 1 aliphatic rings. The van der Waals surface area contributed by atoms with Gasteiger partial charge in [0, 0.05) is 32.8 Å². The Morgan fingerprint density at radius 1 is 1.62 bits per heavy atom. The Kier molecular flexibility index (Phi) is 4.23. The maximum Gasteiger partial charge on any atom is 0.0841 e. The van der Waals surface area contributed by atoms with Gasteiger partial charge in [-0.15, -0.1) is 6.42 Å². The highest BCUT2D eigenvalue weighted by Crippen LogP contribution is 2.08. The van der Waals surface area contributed by atoms with Crippen molar-refractivity contribution < 1.29 is 4.74 Å². The molecule has 0 radical (unpaired) electrons. The number of hydrogen-bond donors (Lipinski definition) is 1. The zero-order chi connectivity index (χ0) is 9.68. The van der Waals surface area contributed by atoms with Crippen LogP contribution in [0.1, 0.15) is 6.92 Å². The minimum atomic E-state index is 0.221. The first kappa shape index (κ1) is 10.5. The van der Waals surface area contributed by atoms with Crippen LogP contribution in [0.4, 0.5) is 0 Å². The first-order chi connectivity index (χ1) is 6.29. The van der Waals surface area contributed by atoms with E-state index in [0.29, 0.717) is 6.04 Å². The Balaban J connectivity index is 2.47. The van der Waals surface area contributed by atoms with Gasteiger partial charge in [-0.2, -0.15) is 0 Å². The van der Waals surface area contributed by atoms with Crippen molar-refractivity contribution in [3.8, 4) is 12.3 Å². The molecule has 0 aromatic heterocycles. The predicted molar refractivity (Wildman–Crippen MR) is 53.5 cm³/mol. The normalized spacial score (nSPS) is 29.9. The van der Waals surface area contributed by atoms with Gasteiger partial charge in [-0.3, -0.25) is 4.90 Å². The molecular weight excluding hydrogens is 164 g/mol. The molecule has 0 amide bonds. The van der Waals surface area contributed by atoms with Crippen LogP contribution >= 0.6 is 0 Å². The fourth-order valence-electron chi connectivity index (χ4n) is 1.70. The molecule has 3 heteroatoms. The van der Waals surface area contributed by atoms with Crippen LogP contribution in [0.2, 0.25) is 0 Å². The fraction of sp³-hybridized carbons (Fsp3) is 0.800. The molecule has 1 rings (SSSR count). The maximum atomic E-state index is 5.46. The number of methoxy groups -OCH3 is 1. The van der Waals surface area contributed by atoms with E-state index in [0.717, 1.165) is 26.2 Å². The van der Waals surface area contributed by atoms with E-state index in [1.54, 1.807) is 7.11 Å². The fourth-order valence-corrected chi connectivity index (χ4v) is 1.70. The summed E-state index contributed by atoms with van der Waals surface area (Å²) in [6, 6.07) is 0.726. The number of hydrogen-bond acceptors (Lipinski definition) is 3. The highest BCUT2D eigenvalue weighted by atomic mass is 16.5. The molecular formula is C10H18N2O. The molecule has 0 aromatic rings. The Bertz CT molecular complexity index is 188. The molecule has 74 valence electrons. The van der Waals surface area contributed by atoms with Gasteiger partial charge in [-0.1, -0.05) is 5.92 Å². The summed E-state index contributed by atoms with van der Waals surface area (Å²) in [7, 11) is 1.72. The van der Waals surface area contributed by atoms with Crippen LogP contribution < -0.4 is 5.32 Å². The van der Waals surface area contributed by atoms with E-state index in [9.17, 15) is 0 Å². The number of ether oxygens (including phenoxy) is 1. The molecule has 3 nitrogen and oxygen atoms in total. The molecule has 1 N–H and O–H groups in total. The lowest BCUT2D eigenvalue weighted by Gasteiger charge is -2.38. The van der Waals surface area contributed by atoms with Crippen molar-refractivity contribution in [3.63, 3.8) is 0 Å². The quantitative estimate of drug-likeness (QED) is 0.618. The predicted octanol–water partition coefficient (Wildman–Crippen LogP) is -0.0717. The largest absolute Gasteiger partial charge is 0.383 e. The molecule has 1 saturated heterocycles. The highest BCUT2D eigenvalue weighted by Gasteiger charge is 2.25. The summed E-state index contributed by atoms with van der Waals surface area (Å²) in [5, 5.41) is 3.32. The first-order valence-electron chi connectivity index (χ1n) is 4.71. The van der Waals surface area contributed by atoms with E-state index in [-0.39, 0.29) is 6.04 Å². The Hall–Kier alpha value is -0.560. The summed E-state index contributed by atoms with van der Waals surface area (Å²) in [6.07, 6.45) is 5.46. The lowest BCUT2D eigenvalue weighted by atomic mass is 10.1. The van der Waals surface area contributed by atoms with Gasteiger partial charge in [0.1, 0.15) is 0 Å². The molecule has 0 bridgehead atoms.